The van der Waals surface area contributed by atoms with Crippen molar-refractivity contribution in [2.45, 2.75) is 29.6 Å². The SMILES string of the molecule is CSc1ccc(S(=O)(=O)N2CCC[C@@H](C)C2)cc1. The molecule has 0 N–H and O–H groups in total. The molecule has 1 aromatic rings. The van der Waals surface area contributed by atoms with E-state index in [4.69, 9.17) is 0 Å². The minimum absolute atomic E-state index is 0.411. The second-order valence-corrected chi connectivity index (χ2v) is 7.60. The van der Waals surface area contributed by atoms with Crippen molar-refractivity contribution in [1.29, 1.82) is 0 Å². The molecule has 0 bridgehead atoms. The fraction of sp³-hybridized carbons (Fsp3) is 0.538. The second kappa shape index (κ2) is 5.63. The highest BCUT2D eigenvalue weighted by molar-refractivity contribution is 7.98. The predicted octanol–water partition coefficient (Wildman–Crippen LogP) is 2.83. The van der Waals surface area contributed by atoms with E-state index in [0.717, 1.165) is 17.7 Å². The molecule has 1 aliphatic rings. The fourth-order valence-corrected chi connectivity index (χ4v) is 4.27. The maximum Gasteiger partial charge on any atom is 0.243 e. The van der Waals surface area contributed by atoms with Gasteiger partial charge < -0.3 is 0 Å². The van der Waals surface area contributed by atoms with Gasteiger partial charge in [-0.05, 0) is 49.3 Å². The van der Waals surface area contributed by atoms with E-state index in [1.54, 1.807) is 28.2 Å². The second-order valence-electron chi connectivity index (χ2n) is 4.79. The van der Waals surface area contributed by atoms with Crippen LogP contribution in [-0.2, 0) is 10.0 Å². The van der Waals surface area contributed by atoms with Crippen LogP contribution in [0.3, 0.4) is 0 Å². The van der Waals surface area contributed by atoms with E-state index in [1.807, 2.05) is 18.4 Å². The van der Waals surface area contributed by atoms with E-state index in [2.05, 4.69) is 6.92 Å². The third-order valence-corrected chi connectivity index (χ3v) is 5.94. The van der Waals surface area contributed by atoms with Crippen molar-refractivity contribution in [3.05, 3.63) is 24.3 Å². The van der Waals surface area contributed by atoms with E-state index >= 15 is 0 Å². The lowest BCUT2D eigenvalue weighted by Crippen LogP contribution is -2.39. The summed E-state index contributed by atoms with van der Waals surface area (Å²) in [6.45, 7) is 3.40. The van der Waals surface area contributed by atoms with Crippen LogP contribution in [0.15, 0.2) is 34.1 Å². The zero-order chi connectivity index (χ0) is 13.2. The van der Waals surface area contributed by atoms with Crippen LogP contribution in [0.25, 0.3) is 0 Å². The summed E-state index contributed by atoms with van der Waals surface area (Å²) in [6.07, 6.45) is 4.07. The van der Waals surface area contributed by atoms with Gasteiger partial charge in [0, 0.05) is 18.0 Å². The molecule has 0 saturated carbocycles. The highest BCUT2D eigenvalue weighted by Gasteiger charge is 2.28. The standard InChI is InChI=1S/C13H19NO2S2/c1-11-4-3-9-14(10-11)18(15,16)13-7-5-12(17-2)6-8-13/h5-8,11H,3-4,9-10H2,1-2H3/t11-/m1/s1. The zero-order valence-corrected chi connectivity index (χ0v) is 12.4. The molecule has 18 heavy (non-hydrogen) atoms. The minimum Gasteiger partial charge on any atom is -0.207 e. The lowest BCUT2D eigenvalue weighted by molar-refractivity contribution is 0.281. The first-order valence-corrected chi connectivity index (χ1v) is 8.84. The Morgan fingerprint density at radius 3 is 2.50 bits per heavy atom. The van der Waals surface area contributed by atoms with Crippen LogP contribution in [0.5, 0.6) is 0 Å². The Balaban J connectivity index is 2.23. The van der Waals surface area contributed by atoms with Gasteiger partial charge in [0.2, 0.25) is 10.0 Å². The first kappa shape index (κ1) is 13.9. The van der Waals surface area contributed by atoms with Crippen molar-refractivity contribution >= 4 is 21.8 Å². The Labute approximate surface area is 114 Å². The third kappa shape index (κ3) is 2.90. The van der Waals surface area contributed by atoms with E-state index in [1.165, 1.54) is 0 Å². The summed E-state index contributed by atoms with van der Waals surface area (Å²) in [5.41, 5.74) is 0. The molecule has 5 heteroatoms. The van der Waals surface area contributed by atoms with Gasteiger partial charge in [0.1, 0.15) is 0 Å². The number of rotatable bonds is 3. The zero-order valence-electron chi connectivity index (χ0n) is 10.8. The molecule has 1 aliphatic heterocycles. The predicted molar refractivity (Wildman–Crippen MR) is 75.4 cm³/mol. The van der Waals surface area contributed by atoms with Crippen LogP contribution in [0.4, 0.5) is 0 Å². The summed E-state index contributed by atoms with van der Waals surface area (Å²) in [5, 5.41) is 0. The molecule has 0 spiro atoms. The number of nitrogens with zero attached hydrogens (tertiary/aromatic N) is 1. The fourth-order valence-electron chi connectivity index (χ4n) is 2.26. The van der Waals surface area contributed by atoms with Crippen LogP contribution in [0.1, 0.15) is 19.8 Å². The highest BCUT2D eigenvalue weighted by Crippen LogP contribution is 2.24. The van der Waals surface area contributed by atoms with Gasteiger partial charge in [0.25, 0.3) is 0 Å². The largest absolute Gasteiger partial charge is 0.243 e. The molecule has 1 saturated heterocycles. The summed E-state index contributed by atoms with van der Waals surface area (Å²) in [5.74, 6) is 0.457. The number of hydrogen-bond donors (Lipinski definition) is 0. The highest BCUT2D eigenvalue weighted by atomic mass is 32.2. The van der Waals surface area contributed by atoms with Gasteiger partial charge in [-0.2, -0.15) is 4.31 Å². The molecule has 1 fully saturated rings. The van der Waals surface area contributed by atoms with Crippen LogP contribution >= 0.6 is 11.8 Å². The van der Waals surface area contributed by atoms with Crippen molar-refractivity contribution < 1.29 is 8.42 Å². The number of benzene rings is 1. The molecule has 0 unspecified atom stereocenters. The molecule has 2 rings (SSSR count). The maximum absolute atomic E-state index is 12.5. The Hall–Kier alpha value is -0.520. The topological polar surface area (TPSA) is 37.4 Å². The minimum atomic E-state index is -3.30. The Morgan fingerprint density at radius 1 is 1.28 bits per heavy atom. The van der Waals surface area contributed by atoms with Gasteiger partial charge >= 0.3 is 0 Å². The molecule has 0 radical (unpaired) electrons. The smallest absolute Gasteiger partial charge is 0.207 e. The van der Waals surface area contributed by atoms with Gasteiger partial charge in [-0.25, -0.2) is 8.42 Å². The number of hydrogen-bond acceptors (Lipinski definition) is 3. The molecule has 1 heterocycles. The van der Waals surface area contributed by atoms with E-state index in [9.17, 15) is 8.42 Å². The molecule has 1 atom stereocenters. The summed E-state index contributed by atoms with van der Waals surface area (Å²) in [6, 6.07) is 7.15. The average Bonchev–Trinajstić information content (AvgIpc) is 2.39. The molecule has 3 nitrogen and oxygen atoms in total. The Morgan fingerprint density at radius 2 is 1.94 bits per heavy atom. The van der Waals surface area contributed by atoms with E-state index in [0.29, 0.717) is 23.9 Å². The molecule has 0 amide bonds. The summed E-state index contributed by atoms with van der Waals surface area (Å²) < 4.78 is 26.5. The van der Waals surface area contributed by atoms with Crippen molar-refractivity contribution in [3.8, 4) is 0 Å². The number of piperidine rings is 1. The monoisotopic (exact) mass is 285 g/mol. The lowest BCUT2D eigenvalue weighted by Gasteiger charge is -2.30. The Bertz CT molecular complexity index is 496. The molecular weight excluding hydrogens is 266 g/mol. The summed E-state index contributed by atoms with van der Waals surface area (Å²) in [7, 11) is -3.30. The third-order valence-electron chi connectivity index (χ3n) is 3.32. The van der Waals surface area contributed by atoms with Crippen molar-refractivity contribution in [2.24, 2.45) is 5.92 Å². The van der Waals surface area contributed by atoms with Crippen LogP contribution in [-0.4, -0.2) is 32.1 Å². The normalized spacial score (nSPS) is 22.0. The first-order valence-electron chi connectivity index (χ1n) is 6.18. The van der Waals surface area contributed by atoms with E-state index in [-0.39, 0.29) is 0 Å². The summed E-state index contributed by atoms with van der Waals surface area (Å²) >= 11 is 1.62. The number of thioether (sulfide) groups is 1. The van der Waals surface area contributed by atoms with Crippen molar-refractivity contribution in [1.82, 2.24) is 4.31 Å². The van der Waals surface area contributed by atoms with E-state index < -0.39 is 10.0 Å². The van der Waals surface area contributed by atoms with Gasteiger partial charge in [0.05, 0.1) is 4.90 Å². The Kier molecular flexibility index (Phi) is 4.35. The molecule has 0 aliphatic carbocycles. The van der Waals surface area contributed by atoms with Crippen LogP contribution in [0.2, 0.25) is 0 Å². The van der Waals surface area contributed by atoms with Crippen molar-refractivity contribution in [2.75, 3.05) is 19.3 Å². The summed E-state index contributed by atoms with van der Waals surface area (Å²) in [4.78, 5) is 1.50. The lowest BCUT2D eigenvalue weighted by atomic mass is 10.0. The van der Waals surface area contributed by atoms with Crippen LogP contribution in [0, 0.1) is 5.92 Å². The molecule has 0 aromatic heterocycles. The van der Waals surface area contributed by atoms with Gasteiger partial charge in [-0.15, -0.1) is 11.8 Å². The molecular formula is C13H19NO2S2. The van der Waals surface area contributed by atoms with Gasteiger partial charge in [-0.1, -0.05) is 6.92 Å². The number of sulfonamides is 1. The first-order chi connectivity index (χ1) is 8.54. The van der Waals surface area contributed by atoms with Crippen LogP contribution < -0.4 is 0 Å². The van der Waals surface area contributed by atoms with Gasteiger partial charge in [0.15, 0.2) is 0 Å². The quantitative estimate of drug-likeness (QED) is 0.801. The molecule has 1 aromatic carbocycles. The maximum atomic E-state index is 12.5. The van der Waals surface area contributed by atoms with Crippen molar-refractivity contribution in [3.63, 3.8) is 0 Å². The average molecular weight is 285 g/mol. The van der Waals surface area contributed by atoms with Gasteiger partial charge in [-0.3, -0.25) is 0 Å². The molecule has 100 valence electrons.